The topological polar surface area (TPSA) is 38.9 Å². The standard InChI is InChI=1S/C9H7BrN2O/c1-6-3-2-4-7(5-6)8-11-9(10)12-13-8/h2-5H,1H3. The summed E-state index contributed by atoms with van der Waals surface area (Å²) in [5.41, 5.74) is 2.12. The molecule has 4 heteroatoms. The fraction of sp³-hybridized carbons (Fsp3) is 0.111. The van der Waals surface area contributed by atoms with Gasteiger partial charge in [0.05, 0.1) is 0 Å². The molecule has 0 aliphatic heterocycles. The van der Waals surface area contributed by atoms with Gasteiger partial charge in [0.2, 0.25) is 4.73 Å². The predicted molar refractivity (Wildman–Crippen MR) is 52.2 cm³/mol. The zero-order chi connectivity index (χ0) is 9.26. The van der Waals surface area contributed by atoms with Crippen LogP contribution < -0.4 is 0 Å². The van der Waals surface area contributed by atoms with E-state index in [-0.39, 0.29) is 0 Å². The highest BCUT2D eigenvalue weighted by Crippen LogP contribution is 2.19. The van der Waals surface area contributed by atoms with Crippen LogP contribution in [-0.4, -0.2) is 10.1 Å². The number of hydrogen-bond acceptors (Lipinski definition) is 3. The van der Waals surface area contributed by atoms with E-state index in [1.807, 2.05) is 31.2 Å². The van der Waals surface area contributed by atoms with Gasteiger partial charge in [0.1, 0.15) is 0 Å². The molecule has 3 nitrogen and oxygen atoms in total. The normalized spacial score (nSPS) is 10.3. The van der Waals surface area contributed by atoms with Crippen LogP contribution in [0.3, 0.4) is 0 Å². The molecule has 1 heterocycles. The van der Waals surface area contributed by atoms with Crippen LogP contribution in [0.1, 0.15) is 5.56 Å². The van der Waals surface area contributed by atoms with Crippen LogP contribution in [0, 0.1) is 6.92 Å². The van der Waals surface area contributed by atoms with Gasteiger partial charge in [0.15, 0.2) is 0 Å². The first-order valence-corrected chi connectivity index (χ1v) is 4.61. The molecule has 2 aromatic rings. The molecule has 66 valence electrons. The summed E-state index contributed by atoms with van der Waals surface area (Å²) in [6.07, 6.45) is 0. The van der Waals surface area contributed by atoms with Gasteiger partial charge in [-0.1, -0.05) is 17.7 Å². The van der Waals surface area contributed by atoms with Gasteiger partial charge in [-0.2, -0.15) is 4.98 Å². The Morgan fingerprint density at radius 3 is 2.85 bits per heavy atom. The summed E-state index contributed by atoms with van der Waals surface area (Å²) in [7, 11) is 0. The second-order valence-electron chi connectivity index (χ2n) is 2.74. The Kier molecular flexibility index (Phi) is 2.14. The lowest BCUT2D eigenvalue weighted by Crippen LogP contribution is -1.78. The van der Waals surface area contributed by atoms with Gasteiger partial charge in [-0.3, -0.25) is 0 Å². The molecular formula is C9H7BrN2O. The highest BCUT2D eigenvalue weighted by Gasteiger charge is 2.05. The fourth-order valence-electron chi connectivity index (χ4n) is 1.10. The molecule has 2 rings (SSSR count). The second kappa shape index (κ2) is 3.30. The Bertz CT molecular complexity index is 425. The van der Waals surface area contributed by atoms with Gasteiger partial charge < -0.3 is 4.52 Å². The van der Waals surface area contributed by atoms with Crippen molar-refractivity contribution in [2.75, 3.05) is 0 Å². The zero-order valence-electron chi connectivity index (χ0n) is 6.99. The number of aryl methyl sites for hydroxylation is 1. The Morgan fingerprint density at radius 1 is 1.38 bits per heavy atom. The second-order valence-corrected chi connectivity index (χ2v) is 3.45. The van der Waals surface area contributed by atoms with E-state index in [0.717, 1.165) is 5.56 Å². The predicted octanol–water partition coefficient (Wildman–Crippen LogP) is 2.81. The van der Waals surface area contributed by atoms with Crippen molar-refractivity contribution in [3.63, 3.8) is 0 Å². The maximum absolute atomic E-state index is 5.00. The minimum absolute atomic E-state index is 0.476. The molecule has 0 N–H and O–H groups in total. The molecule has 0 spiro atoms. The van der Waals surface area contributed by atoms with E-state index >= 15 is 0 Å². The van der Waals surface area contributed by atoms with Crippen molar-refractivity contribution < 1.29 is 4.52 Å². The van der Waals surface area contributed by atoms with Crippen LogP contribution in [0.15, 0.2) is 33.5 Å². The Morgan fingerprint density at radius 2 is 2.23 bits per heavy atom. The van der Waals surface area contributed by atoms with Gasteiger partial charge in [-0.05, 0) is 40.1 Å². The Labute approximate surface area is 83.9 Å². The van der Waals surface area contributed by atoms with Crippen LogP contribution in [0.2, 0.25) is 0 Å². The average molecular weight is 239 g/mol. The molecule has 0 radical (unpaired) electrons. The van der Waals surface area contributed by atoms with Crippen LogP contribution in [0.4, 0.5) is 0 Å². The van der Waals surface area contributed by atoms with Gasteiger partial charge in [-0.25, -0.2) is 0 Å². The number of hydrogen-bond donors (Lipinski definition) is 0. The molecule has 0 saturated heterocycles. The third kappa shape index (κ3) is 1.78. The molecule has 0 atom stereocenters. The Hall–Kier alpha value is -1.16. The summed E-state index contributed by atoms with van der Waals surface area (Å²) < 4.78 is 5.47. The third-order valence-corrected chi connectivity index (χ3v) is 1.99. The molecule has 1 aromatic carbocycles. The van der Waals surface area contributed by atoms with E-state index in [4.69, 9.17) is 4.52 Å². The molecule has 0 bridgehead atoms. The van der Waals surface area contributed by atoms with E-state index in [1.54, 1.807) is 0 Å². The monoisotopic (exact) mass is 238 g/mol. The van der Waals surface area contributed by atoms with E-state index in [0.29, 0.717) is 10.6 Å². The van der Waals surface area contributed by atoms with Crippen molar-refractivity contribution >= 4 is 15.9 Å². The molecule has 1 aromatic heterocycles. The summed E-state index contributed by atoms with van der Waals surface area (Å²) in [5, 5.41) is 3.65. The number of halogens is 1. The maximum Gasteiger partial charge on any atom is 0.258 e. The summed E-state index contributed by atoms with van der Waals surface area (Å²) in [4.78, 5) is 4.06. The molecule has 0 unspecified atom stereocenters. The lowest BCUT2D eigenvalue weighted by molar-refractivity contribution is 0.426. The van der Waals surface area contributed by atoms with E-state index in [2.05, 4.69) is 26.1 Å². The van der Waals surface area contributed by atoms with Crippen molar-refractivity contribution in [3.05, 3.63) is 34.6 Å². The number of rotatable bonds is 1. The first kappa shape index (κ1) is 8.44. The van der Waals surface area contributed by atoms with Crippen molar-refractivity contribution in [2.45, 2.75) is 6.92 Å². The fourth-order valence-corrected chi connectivity index (χ4v) is 1.33. The minimum Gasteiger partial charge on any atom is -0.333 e. The molecule has 0 fully saturated rings. The van der Waals surface area contributed by atoms with Crippen molar-refractivity contribution in [2.24, 2.45) is 0 Å². The van der Waals surface area contributed by atoms with Crippen molar-refractivity contribution in [3.8, 4) is 11.5 Å². The summed E-state index contributed by atoms with van der Waals surface area (Å²) in [6, 6.07) is 7.92. The maximum atomic E-state index is 5.00. The van der Waals surface area contributed by atoms with Crippen LogP contribution in [-0.2, 0) is 0 Å². The Balaban J connectivity index is 2.46. The van der Waals surface area contributed by atoms with Crippen molar-refractivity contribution in [1.29, 1.82) is 0 Å². The lowest BCUT2D eigenvalue weighted by Gasteiger charge is -1.94. The third-order valence-electron chi connectivity index (χ3n) is 1.67. The SMILES string of the molecule is Cc1cccc(-c2nc(Br)no2)c1. The van der Waals surface area contributed by atoms with Gasteiger partial charge in [0.25, 0.3) is 5.89 Å². The highest BCUT2D eigenvalue weighted by atomic mass is 79.9. The largest absolute Gasteiger partial charge is 0.333 e. The van der Waals surface area contributed by atoms with E-state index < -0.39 is 0 Å². The molecule has 0 aliphatic carbocycles. The van der Waals surface area contributed by atoms with Gasteiger partial charge in [0, 0.05) is 5.56 Å². The van der Waals surface area contributed by atoms with E-state index in [9.17, 15) is 0 Å². The van der Waals surface area contributed by atoms with Crippen molar-refractivity contribution in [1.82, 2.24) is 10.1 Å². The first-order valence-electron chi connectivity index (χ1n) is 3.82. The van der Waals surface area contributed by atoms with Crippen LogP contribution in [0.5, 0.6) is 0 Å². The summed E-state index contributed by atoms with van der Waals surface area (Å²) >= 11 is 3.13. The summed E-state index contributed by atoms with van der Waals surface area (Å²) in [5.74, 6) is 0.538. The zero-order valence-corrected chi connectivity index (χ0v) is 8.58. The average Bonchev–Trinajstić information content (AvgIpc) is 2.52. The number of nitrogens with zero attached hydrogens (tertiary/aromatic N) is 2. The smallest absolute Gasteiger partial charge is 0.258 e. The van der Waals surface area contributed by atoms with E-state index in [1.165, 1.54) is 5.56 Å². The molecule has 0 saturated carbocycles. The minimum atomic E-state index is 0.476. The molecular weight excluding hydrogens is 232 g/mol. The highest BCUT2D eigenvalue weighted by molar-refractivity contribution is 9.10. The number of benzene rings is 1. The quantitative estimate of drug-likeness (QED) is 0.767. The molecule has 0 aliphatic rings. The first-order chi connectivity index (χ1) is 6.25. The number of aromatic nitrogens is 2. The summed E-state index contributed by atoms with van der Waals surface area (Å²) in [6.45, 7) is 2.02. The van der Waals surface area contributed by atoms with Gasteiger partial charge in [-0.15, -0.1) is 0 Å². The van der Waals surface area contributed by atoms with Crippen LogP contribution >= 0.6 is 15.9 Å². The molecule has 13 heavy (non-hydrogen) atoms. The lowest BCUT2D eigenvalue weighted by atomic mass is 10.1. The van der Waals surface area contributed by atoms with Gasteiger partial charge >= 0.3 is 0 Å². The van der Waals surface area contributed by atoms with Crippen LogP contribution in [0.25, 0.3) is 11.5 Å². The molecule has 0 amide bonds.